The first-order valence-electron chi connectivity index (χ1n) is 13.2. The lowest BCUT2D eigenvalue weighted by Crippen LogP contribution is -2.30. The lowest BCUT2D eigenvalue weighted by Gasteiger charge is -2.12. The Bertz CT molecular complexity index is 1850. The molecule has 0 bridgehead atoms. The Labute approximate surface area is 251 Å². The summed E-state index contributed by atoms with van der Waals surface area (Å²) >= 11 is 1.26. The molecule has 0 aliphatic rings. The number of primary amides is 1. The van der Waals surface area contributed by atoms with Gasteiger partial charge in [0.1, 0.15) is 5.70 Å². The van der Waals surface area contributed by atoms with E-state index in [0.29, 0.717) is 16.9 Å². The summed E-state index contributed by atoms with van der Waals surface area (Å²) in [7, 11) is 0. The first kappa shape index (κ1) is 28.9. The van der Waals surface area contributed by atoms with Gasteiger partial charge in [-0.3, -0.25) is 19.2 Å². The molecule has 0 atom stereocenters. The number of carbonyl (C=O) groups excluding carboxylic acids is 4. The maximum Gasteiger partial charge on any atom is 0.272 e. The Morgan fingerprint density at radius 3 is 2.37 bits per heavy atom. The molecule has 6 N–H and O–H groups in total. The van der Waals surface area contributed by atoms with Crippen molar-refractivity contribution in [2.75, 3.05) is 16.4 Å². The van der Waals surface area contributed by atoms with Crippen LogP contribution in [0.15, 0.2) is 120 Å². The number of hydrogen-bond donors (Lipinski definition) is 5. The zero-order valence-electron chi connectivity index (χ0n) is 22.8. The van der Waals surface area contributed by atoms with Gasteiger partial charge in [0, 0.05) is 38.8 Å². The van der Waals surface area contributed by atoms with E-state index in [1.165, 1.54) is 11.8 Å². The van der Waals surface area contributed by atoms with Crippen LogP contribution in [0, 0.1) is 0 Å². The predicted molar refractivity (Wildman–Crippen MR) is 170 cm³/mol. The second-order valence-electron chi connectivity index (χ2n) is 9.40. The molecular formula is C33H27N5O4S. The first-order valence-corrected chi connectivity index (χ1v) is 14.2. The highest BCUT2D eigenvalue weighted by Crippen LogP contribution is 2.24. The van der Waals surface area contributed by atoms with Crippen LogP contribution in [0.2, 0.25) is 0 Å². The number of hydrogen-bond acceptors (Lipinski definition) is 5. The predicted octanol–water partition coefficient (Wildman–Crippen LogP) is 5.41. The quantitative estimate of drug-likeness (QED) is 0.109. The number of para-hydroxylation sites is 2. The van der Waals surface area contributed by atoms with E-state index < -0.39 is 17.7 Å². The second kappa shape index (κ2) is 13.4. The molecule has 0 unspecified atom stereocenters. The van der Waals surface area contributed by atoms with Crippen LogP contribution in [0.25, 0.3) is 17.0 Å². The molecule has 4 amide bonds. The summed E-state index contributed by atoms with van der Waals surface area (Å²) in [4.78, 5) is 54.6. The second-order valence-corrected chi connectivity index (χ2v) is 10.4. The van der Waals surface area contributed by atoms with E-state index in [1.807, 2.05) is 30.3 Å². The van der Waals surface area contributed by atoms with Crippen LogP contribution in [0.4, 0.5) is 11.4 Å². The van der Waals surface area contributed by atoms with Gasteiger partial charge in [-0.25, -0.2) is 0 Å². The van der Waals surface area contributed by atoms with Crippen molar-refractivity contribution in [2.45, 2.75) is 4.90 Å². The fraction of sp³-hybridized carbons (Fsp3) is 0.0303. The molecule has 43 heavy (non-hydrogen) atoms. The number of benzene rings is 4. The summed E-state index contributed by atoms with van der Waals surface area (Å²) < 4.78 is 0. The summed E-state index contributed by atoms with van der Waals surface area (Å²) in [5.74, 6) is -1.83. The Balaban J connectivity index is 1.30. The molecule has 5 rings (SSSR count). The number of nitrogens with two attached hydrogens (primary N) is 1. The van der Waals surface area contributed by atoms with Crippen LogP contribution in [-0.2, 0) is 9.59 Å². The first-order chi connectivity index (χ1) is 20.9. The standard InChI is InChI=1S/C33H27N5O4S/c34-31(40)26-14-5-7-16-28(26)37-30(39)20-43-24-12-8-11-23(18-24)36-33(42)29(38-32(41)21-9-2-1-3-10-21)17-22-19-35-27-15-6-4-13-25(22)27/h1-19,35H,20H2,(H2,34,40)(H,36,42)(H,37,39)(H,38,41)/b29-17+. The van der Waals surface area contributed by atoms with E-state index in [0.717, 1.165) is 21.4 Å². The zero-order valence-corrected chi connectivity index (χ0v) is 23.6. The molecular weight excluding hydrogens is 562 g/mol. The fourth-order valence-corrected chi connectivity index (χ4v) is 5.07. The topological polar surface area (TPSA) is 146 Å². The van der Waals surface area contributed by atoms with Gasteiger partial charge in [-0.2, -0.15) is 0 Å². The third kappa shape index (κ3) is 7.38. The zero-order chi connectivity index (χ0) is 30.2. The number of amides is 4. The Morgan fingerprint density at radius 1 is 0.814 bits per heavy atom. The number of aromatic nitrogens is 1. The molecule has 0 spiro atoms. The third-order valence-electron chi connectivity index (χ3n) is 6.38. The largest absolute Gasteiger partial charge is 0.366 e. The van der Waals surface area contributed by atoms with Gasteiger partial charge in [-0.1, -0.05) is 54.6 Å². The lowest BCUT2D eigenvalue weighted by molar-refractivity contribution is -0.114. The van der Waals surface area contributed by atoms with Crippen molar-refractivity contribution in [3.05, 3.63) is 132 Å². The van der Waals surface area contributed by atoms with E-state index in [9.17, 15) is 19.2 Å². The van der Waals surface area contributed by atoms with Crippen LogP contribution in [0.3, 0.4) is 0 Å². The summed E-state index contributed by atoms with van der Waals surface area (Å²) in [5, 5.41) is 9.21. The van der Waals surface area contributed by atoms with Crippen molar-refractivity contribution in [3.63, 3.8) is 0 Å². The number of aromatic amines is 1. The van der Waals surface area contributed by atoms with Crippen molar-refractivity contribution in [2.24, 2.45) is 5.73 Å². The van der Waals surface area contributed by atoms with E-state index >= 15 is 0 Å². The average Bonchev–Trinajstić information content (AvgIpc) is 3.43. The number of thioether (sulfide) groups is 1. The maximum absolute atomic E-state index is 13.5. The summed E-state index contributed by atoms with van der Waals surface area (Å²) in [6.07, 6.45) is 3.40. The summed E-state index contributed by atoms with van der Waals surface area (Å²) in [6.45, 7) is 0. The molecule has 0 fully saturated rings. The third-order valence-corrected chi connectivity index (χ3v) is 7.37. The monoisotopic (exact) mass is 589 g/mol. The minimum absolute atomic E-state index is 0.0589. The Kier molecular flexibility index (Phi) is 8.99. The molecule has 0 aliphatic carbocycles. The van der Waals surface area contributed by atoms with Crippen LogP contribution in [0.1, 0.15) is 26.3 Å². The molecule has 4 aromatic carbocycles. The van der Waals surface area contributed by atoms with E-state index in [1.54, 1.807) is 85.1 Å². The average molecular weight is 590 g/mol. The highest BCUT2D eigenvalue weighted by Gasteiger charge is 2.17. The SMILES string of the molecule is NC(=O)c1ccccc1NC(=O)CSc1cccc(NC(=O)/C(=C\c2c[nH]c3ccccc23)NC(=O)c2ccccc2)c1. The lowest BCUT2D eigenvalue weighted by atomic mass is 10.1. The van der Waals surface area contributed by atoms with E-state index in [2.05, 4.69) is 20.9 Å². The number of fused-ring (bicyclic) bond motifs is 1. The van der Waals surface area contributed by atoms with Crippen molar-refractivity contribution in [3.8, 4) is 0 Å². The van der Waals surface area contributed by atoms with Crippen molar-refractivity contribution < 1.29 is 19.2 Å². The molecule has 9 nitrogen and oxygen atoms in total. The minimum Gasteiger partial charge on any atom is -0.366 e. The normalized spacial score (nSPS) is 11.1. The summed E-state index contributed by atoms with van der Waals surface area (Å²) in [6, 6.07) is 29.8. The van der Waals surface area contributed by atoms with E-state index in [4.69, 9.17) is 5.73 Å². The molecule has 0 radical (unpaired) electrons. The summed E-state index contributed by atoms with van der Waals surface area (Å²) in [5.41, 5.74) is 8.55. The molecule has 0 saturated heterocycles. The van der Waals surface area contributed by atoms with Gasteiger partial charge in [0.25, 0.3) is 17.7 Å². The number of rotatable bonds is 10. The van der Waals surface area contributed by atoms with Crippen molar-refractivity contribution >= 4 is 63.7 Å². The van der Waals surface area contributed by atoms with Crippen LogP contribution >= 0.6 is 11.8 Å². The molecule has 214 valence electrons. The molecule has 10 heteroatoms. The number of nitrogens with one attached hydrogen (secondary N) is 4. The van der Waals surface area contributed by atoms with Gasteiger partial charge in [-0.15, -0.1) is 11.8 Å². The molecule has 1 aromatic heterocycles. The molecule has 5 aromatic rings. The maximum atomic E-state index is 13.5. The molecule has 1 heterocycles. The van der Waals surface area contributed by atoms with Crippen LogP contribution in [-0.4, -0.2) is 34.4 Å². The molecule has 0 saturated carbocycles. The van der Waals surface area contributed by atoms with E-state index in [-0.39, 0.29) is 22.9 Å². The van der Waals surface area contributed by atoms with Gasteiger partial charge < -0.3 is 26.7 Å². The van der Waals surface area contributed by atoms with Gasteiger partial charge in [0.2, 0.25) is 5.91 Å². The minimum atomic E-state index is -0.634. The fourth-order valence-electron chi connectivity index (χ4n) is 4.32. The Morgan fingerprint density at radius 2 is 1.56 bits per heavy atom. The number of anilines is 2. The number of H-pyrrole nitrogens is 1. The highest BCUT2D eigenvalue weighted by atomic mass is 32.2. The van der Waals surface area contributed by atoms with Gasteiger partial charge >= 0.3 is 0 Å². The molecule has 0 aliphatic heterocycles. The van der Waals surface area contributed by atoms with Crippen molar-refractivity contribution in [1.29, 1.82) is 0 Å². The van der Waals surface area contributed by atoms with Gasteiger partial charge in [0.15, 0.2) is 0 Å². The van der Waals surface area contributed by atoms with Gasteiger partial charge in [-0.05, 0) is 54.6 Å². The highest BCUT2D eigenvalue weighted by molar-refractivity contribution is 8.00. The van der Waals surface area contributed by atoms with Crippen LogP contribution in [0.5, 0.6) is 0 Å². The number of carbonyl (C=O) groups is 4. The smallest absolute Gasteiger partial charge is 0.272 e. The van der Waals surface area contributed by atoms with Crippen molar-refractivity contribution in [1.82, 2.24) is 10.3 Å². The van der Waals surface area contributed by atoms with Gasteiger partial charge in [0.05, 0.1) is 17.0 Å². The van der Waals surface area contributed by atoms with Crippen LogP contribution < -0.4 is 21.7 Å². The Hall–Kier alpha value is -5.61.